The van der Waals surface area contributed by atoms with Crippen molar-refractivity contribution in [2.24, 2.45) is 33.7 Å². The highest BCUT2D eigenvalue weighted by atomic mass is 19.4. The molecule has 1 aliphatic carbocycles. The lowest BCUT2D eigenvalue weighted by molar-refractivity contribution is -0.137. The molecule has 2 atom stereocenters. The van der Waals surface area contributed by atoms with E-state index in [4.69, 9.17) is 11.5 Å². The van der Waals surface area contributed by atoms with Gasteiger partial charge in [0.25, 0.3) is 11.8 Å². The number of aromatic nitrogens is 2. The van der Waals surface area contributed by atoms with Crippen LogP contribution in [-0.2, 0) is 15.8 Å². The minimum Gasteiger partial charge on any atom is -0.401 e. The standard InChI is InChI=1S/C30H33F3N6O2/c1-3-5-24(40)38-11-9-29(17-38)13-20(14-29)23-8-10-36-27(25(26(23)34)28(35)41)21-15-37-39(16-21)18(2)19-6-4-7-22(12-19)30(31,32)33/h4,6-7,12,15-16,18,20,23H,8-11,13-14,17,34H2,1-2H3,(H2,35,41)/t18-,20?,23-,29?/m1/s1. The number of likely N-dealkylation sites (tertiary alicyclic amines) is 1. The number of aliphatic imine (C=N–C) groups is 1. The molecule has 11 heteroatoms. The van der Waals surface area contributed by atoms with Crippen LogP contribution in [0.15, 0.2) is 52.9 Å². The van der Waals surface area contributed by atoms with Crippen LogP contribution in [0.5, 0.6) is 0 Å². The highest BCUT2D eigenvalue weighted by Gasteiger charge is 2.52. The monoisotopic (exact) mass is 566 g/mol. The summed E-state index contributed by atoms with van der Waals surface area (Å²) in [6.45, 7) is 5.21. The van der Waals surface area contributed by atoms with Crippen molar-refractivity contribution < 1.29 is 22.8 Å². The summed E-state index contributed by atoms with van der Waals surface area (Å²) in [6.07, 6.45) is 2.11. The van der Waals surface area contributed by atoms with Crippen LogP contribution in [0.2, 0.25) is 0 Å². The first kappa shape index (κ1) is 28.5. The number of nitrogens with zero attached hydrogens (tertiary/aromatic N) is 4. The number of nitrogens with two attached hydrogens (primary N) is 2. The molecule has 1 spiro atoms. The summed E-state index contributed by atoms with van der Waals surface area (Å²) >= 11 is 0. The first-order valence-electron chi connectivity index (χ1n) is 13.7. The third-order valence-corrected chi connectivity index (χ3v) is 8.77. The molecule has 0 unspecified atom stereocenters. The molecular weight excluding hydrogens is 533 g/mol. The Morgan fingerprint density at radius 1 is 1.24 bits per heavy atom. The van der Waals surface area contributed by atoms with Gasteiger partial charge in [-0.3, -0.25) is 19.3 Å². The van der Waals surface area contributed by atoms with Gasteiger partial charge in [0.1, 0.15) is 0 Å². The number of allylic oxidation sites excluding steroid dienone is 1. The van der Waals surface area contributed by atoms with Crippen LogP contribution in [-0.4, -0.2) is 51.8 Å². The van der Waals surface area contributed by atoms with Crippen molar-refractivity contribution in [2.45, 2.75) is 51.7 Å². The van der Waals surface area contributed by atoms with Crippen molar-refractivity contribution >= 4 is 17.5 Å². The first-order chi connectivity index (χ1) is 19.4. The molecule has 8 nitrogen and oxygen atoms in total. The lowest BCUT2D eigenvalue weighted by Gasteiger charge is -2.48. The molecule has 1 saturated heterocycles. The fourth-order valence-electron chi connectivity index (χ4n) is 6.62. The maximum atomic E-state index is 13.2. The predicted octanol–water partition coefficient (Wildman–Crippen LogP) is 3.67. The zero-order valence-corrected chi connectivity index (χ0v) is 23.0. The van der Waals surface area contributed by atoms with Gasteiger partial charge >= 0.3 is 6.18 Å². The van der Waals surface area contributed by atoms with Gasteiger partial charge in [0.05, 0.1) is 29.1 Å². The van der Waals surface area contributed by atoms with Crippen molar-refractivity contribution in [3.05, 3.63) is 64.6 Å². The SMILES string of the molecule is CC#CC(=O)N1CCC2(CC([C@H]3CCN=C(c4cnn([C@H](C)c5cccc(C(F)(F)F)c5)c4)C(C(N)=O)=C3N)C2)C1. The van der Waals surface area contributed by atoms with Crippen LogP contribution < -0.4 is 11.5 Å². The van der Waals surface area contributed by atoms with E-state index in [1.165, 1.54) is 16.9 Å². The average molecular weight is 567 g/mol. The number of hydrogen-bond donors (Lipinski definition) is 2. The third-order valence-electron chi connectivity index (χ3n) is 8.77. The fourth-order valence-corrected chi connectivity index (χ4v) is 6.62. The van der Waals surface area contributed by atoms with Gasteiger partial charge in [-0.05, 0) is 74.5 Å². The Labute approximate surface area is 236 Å². The summed E-state index contributed by atoms with van der Waals surface area (Å²) in [5, 5.41) is 4.37. The van der Waals surface area contributed by atoms with Gasteiger partial charge in [0.2, 0.25) is 0 Å². The normalized spacial score (nSPS) is 25.2. The maximum Gasteiger partial charge on any atom is 0.416 e. The Balaban J connectivity index is 1.35. The van der Waals surface area contributed by atoms with Crippen LogP contribution in [0, 0.1) is 29.1 Å². The van der Waals surface area contributed by atoms with E-state index in [1.807, 2.05) is 4.90 Å². The Morgan fingerprint density at radius 2 is 2.00 bits per heavy atom. The van der Waals surface area contributed by atoms with Gasteiger partial charge in [-0.1, -0.05) is 18.1 Å². The third kappa shape index (κ3) is 5.47. The molecule has 216 valence electrons. The predicted molar refractivity (Wildman–Crippen MR) is 147 cm³/mol. The molecule has 1 aromatic heterocycles. The molecule has 0 radical (unpaired) electrons. The van der Waals surface area contributed by atoms with Gasteiger partial charge < -0.3 is 16.4 Å². The molecule has 2 aromatic rings. The van der Waals surface area contributed by atoms with Gasteiger partial charge in [-0.25, -0.2) is 0 Å². The van der Waals surface area contributed by atoms with Crippen LogP contribution in [0.3, 0.4) is 0 Å². The molecule has 2 fully saturated rings. The number of amides is 2. The number of carbonyl (C=O) groups excluding carboxylic acids is 2. The Morgan fingerprint density at radius 3 is 2.68 bits per heavy atom. The van der Waals surface area contributed by atoms with E-state index < -0.39 is 23.7 Å². The van der Waals surface area contributed by atoms with E-state index in [0.29, 0.717) is 48.6 Å². The quantitative estimate of drug-likeness (QED) is 0.537. The largest absolute Gasteiger partial charge is 0.416 e. The number of carbonyl (C=O) groups is 2. The number of halogens is 3. The highest BCUT2D eigenvalue weighted by Crippen LogP contribution is 2.56. The van der Waals surface area contributed by atoms with E-state index >= 15 is 0 Å². The van der Waals surface area contributed by atoms with Crippen LogP contribution in [0.25, 0.3) is 0 Å². The van der Waals surface area contributed by atoms with Gasteiger partial charge in [0, 0.05) is 43.0 Å². The van der Waals surface area contributed by atoms with Crippen molar-refractivity contribution in [1.29, 1.82) is 0 Å². The molecule has 2 aliphatic heterocycles. The average Bonchev–Trinajstić information content (AvgIpc) is 3.54. The van der Waals surface area contributed by atoms with E-state index in [2.05, 4.69) is 21.9 Å². The number of primary amides is 1. The summed E-state index contributed by atoms with van der Waals surface area (Å²) < 4.78 is 41.2. The van der Waals surface area contributed by atoms with E-state index in [0.717, 1.165) is 31.4 Å². The van der Waals surface area contributed by atoms with Crippen molar-refractivity contribution in [2.75, 3.05) is 19.6 Å². The summed E-state index contributed by atoms with van der Waals surface area (Å²) in [5.74, 6) is 4.63. The summed E-state index contributed by atoms with van der Waals surface area (Å²) in [4.78, 5) is 31.4. The minimum absolute atomic E-state index is 0.0552. The molecular formula is C30H33F3N6O2. The fraction of sp³-hybridized carbons (Fsp3) is 0.467. The summed E-state index contributed by atoms with van der Waals surface area (Å²) in [5.41, 5.74) is 13.7. The molecule has 41 heavy (non-hydrogen) atoms. The number of rotatable bonds is 5. The van der Waals surface area contributed by atoms with Crippen LogP contribution in [0.4, 0.5) is 13.2 Å². The summed E-state index contributed by atoms with van der Waals surface area (Å²) in [7, 11) is 0. The second kappa shape index (κ2) is 10.7. The number of benzene rings is 1. The Kier molecular flexibility index (Phi) is 7.45. The number of hydrogen-bond acceptors (Lipinski definition) is 5. The molecule has 5 rings (SSSR count). The van der Waals surface area contributed by atoms with Gasteiger partial charge in [-0.15, -0.1) is 0 Å². The zero-order chi connectivity index (χ0) is 29.5. The van der Waals surface area contributed by atoms with Crippen LogP contribution >= 0.6 is 0 Å². The van der Waals surface area contributed by atoms with E-state index in [-0.39, 0.29) is 28.7 Å². The Hall–Kier alpha value is -4.07. The Bertz CT molecular complexity index is 1490. The highest BCUT2D eigenvalue weighted by molar-refractivity contribution is 6.28. The lowest BCUT2D eigenvalue weighted by atomic mass is 9.56. The van der Waals surface area contributed by atoms with Crippen LogP contribution in [0.1, 0.15) is 62.3 Å². The molecule has 0 bridgehead atoms. The minimum atomic E-state index is -4.45. The van der Waals surface area contributed by atoms with Crippen molar-refractivity contribution in [3.8, 4) is 11.8 Å². The molecule has 1 aromatic carbocycles. The zero-order valence-electron chi connectivity index (χ0n) is 23.0. The van der Waals surface area contributed by atoms with E-state index in [9.17, 15) is 22.8 Å². The molecule has 3 aliphatic rings. The first-order valence-corrected chi connectivity index (χ1v) is 13.7. The second-order valence-corrected chi connectivity index (χ2v) is 11.3. The second-order valence-electron chi connectivity index (χ2n) is 11.3. The van der Waals surface area contributed by atoms with Gasteiger partial charge in [-0.2, -0.15) is 18.3 Å². The molecule has 2 amide bonds. The lowest BCUT2D eigenvalue weighted by Crippen LogP contribution is -2.45. The van der Waals surface area contributed by atoms with Crippen molar-refractivity contribution in [3.63, 3.8) is 0 Å². The molecule has 1 saturated carbocycles. The van der Waals surface area contributed by atoms with Crippen molar-refractivity contribution in [1.82, 2.24) is 14.7 Å². The maximum absolute atomic E-state index is 13.2. The molecule has 3 heterocycles. The molecule has 4 N–H and O–H groups in total. The number of alkyl halides is 3. The van der Waals surface area contributed by atoms with E-state index in [1.54, 1.807) is 26.1 Å². The smallest absolute Gasteiger partial charge is 0.401 e. The summed E-state index contributed by atoms with van der Waals surface area (Å²) in [6, 6.07) is 4.62. The van der Waals surface area contributed by atoms with Gasteiger partial charge in [0.15, 0.2) is 0 Å². The topological polar surface area (TPSA) is 120 Å².